The van der Waals surface area contributed by atoms with Gasteiger partial charge in [-0.1, -0.05) is 12.5 Å². The van der Waals surface area contributed by atoms with Crippen molar-refractivity contribution in [2.24, 2.45) is 5.92 Å². The minimum atomic E-state index is -3.62. The molecule has 1 amide bonds. The van der Waals surface area contributed by atoms with Gasteiger partial charge in [0.05, 0.1) is 0 Å². The maximum atomic E-state index is 12.8. The third-order valence-corrected chi connectivity index (χ3v) is 8.44. The summed E-state index contributed by atoms with van der Waals surface area (Å²) < 4.78 is 28.7. The normalized spacial score (nSPS) is 17.3. The Morgan fingerprint density at radius 1 is 1.15 bits per heavy atom. The molecule has 1 N–H and O–H groups in total. The summed E-state index contributed by atoms with van der Waals surface area (Å²) in [6.07, 6.45) is 3.86. The number of nitrogens with one attached hydrogen (secondary N) is 1. The van der Waals surface area contributed by atoms with Crippen LogP contribution in [0.5, 0.6) is 0 Å². The van der Waals surface area contributed by atoms with Crippen LogP contribution in [0, 0.1) is 19.8 Å². The maximum Gasteiger partial charge on any atom is 0.271 e. The Morgan fingerprint density at radius 2 is 1.85 bits per heavy atom. The predicted octanol–water partition coefficient (Wildman–Crippen LogP) is 3.85. The van der Waals surface area contributed by atoms with Crippen LogP contribution in [0.2, 0.25) is 0 Å². The molecule has 1 aromatic heterocycles. The Hall–Kier alpha value is -1.86. The number of thiophene rings is 1. The predicted molar refractivity (Wildman–Crippen MR) is 108 cm³/mol. The summed E-state index contributed by atoms with van der Waals surface area (Å²) in [5.41, 5.74) is 3.59. The topological polar surface area (TPSA) is 66.5 Å². The second-order valence-electron chi connectivity index (χ2n) is 7.63. The molecule has 0 bridgehead atoms. The molecular formula is C20H24N2O3S2. The van der Waals surface area contributed by atoms with Gasteiger partial charge in [0.25, 0.3) is 10.0 Å². The molecule has 2 aliphatic rings. The van der Waals surface area contributed by atoms with E-state index in [2.05, 4.69) is 4.72 Å². The van der Waals surface area contributed by atoms with E-state index in [1.54, 1.807) is 6.07 Å². The van der Waals surface area contributed by atoms with Gasteiger partial charge in [0.15, 0.2) is 0 Å². The number of anilines is 1. The number of hydrogen-bond donors (Lipinski definition) is 1. The fraction of sp³-hybridized carbons (Fsp3) is 0.450. The van der Waals surface area contributed by atoms with Crippen LogP contribution >= 0.6 is 11.3 Å². The smallest absolute Gasteiger partial charge is 0.271 e. The molecule has 0 spiro atoms. The largest absolute Gasteiger partial charge is 0.338 e. The van der Waals surface area contributed by atoms with Crippen LogP contribution in [0.1, 0.15) is 40.8 Å². The first-order chi connectivity index (χ1) is 12.8. The molecule has 0 radical (unpaired) electrons. The highest BCUT2D eigenvalue weighted by molar-refractivity contribution is 7.94. The van der Waals surface area contributed by atoms with Crippen molar-refractivity contribution in [3.8, 4) is 0 Å². The van der Waals surface area contributed by atoms with E-state index in [-0.39, 0.29) is 11.8 Å². The lowest BCUT2D eigenvalue weighted by molar-refractivity contribution is -0.139. The van der Waals surface area contributed by atoms with Crippen molar-refractivity contribution in [3.05, 3.63) is 45.8 Å². The van der Waals surface area contributed by atoms with Gasteiger partial charge in [-0.15, -0.1) is 11.3 Å². The molecule has 0 saturated heterocycles. The van der Waals surface area contributed by atoms with Crippen LogP contribution in [0.4, 0.5) is 5.69 Å². The molecular weight excluding hydrogens is 380 g/mol. The van der Waals surface area contributed by atoms with Crippen molar-refractivity contribution < 1.29 is 13.2 Å². The van der Waals surface area contributed by atoms with Gasteiger partial charge in [0.2, 0.25) is 5.91 Å². The highest BCUT2D eigenvalue weighted by atomic mass is 32.2. The number of amides is 1. The quantitative estimate of drug-likeness (QED) is 0.842. The zero-order chi connectivity index (χ0) is 19.2. The molecule has 0 atom stereocenters. The first-order valence-electron chi connectivity index (χ1n) is 9.33. The van der Waals surface area contributed by atoms with Crippen LogP contribution in [-0.2, 0) is 27.8 Å². The number of carbonyl (C=O) groups excluding carboxylic acids is 1. The molecule has 144 valence electrons. The van der Waals surface area contributed by atoms with Crippen molar-refractivity contribution in [1.29, 1.82) is 0 Å². The molecule has 2 aromatic rings. The average Bonchev–Trinajstić information content (AvgIpc) is 2.95. The Balaban J connectivity index is 1.53. The molecule has 2 heterocycles. The van der Waals surface area contributed by atoms with Gasteiger partial charge in [0.1, 0.15) is 4.21 Å². The van der Waals surface area contributed by atoms with Gasteiger partial charge in [-0.2, -0.15) is 0 Å². The number of carbonyl (C=O) groups is 1. The zero-order valence-electron chi connectivity index (χ0n) is 15.6. The summed E-state index contributed by atoms with van der Waals surface area (Å²) in [7, 11) is -3.62. The van der Waals surface area contributed by atoms with E-state index in [1.807, 2.05) is 36.9 Å². The third kappa shape index (κ3) is 3.75. The van der Waals surface area contributed by atoms with Gasteiger partial charge in [0, 0.05) is 29.6 Å². The second-order valence-corrected chi connectivity index (χ2v) is 10.7. The molecule has 5 nitrogen and oxygen atoms in total. The van der Waals surface area contributed by atoms with E-state index in [0.717, 1.165) is 47.3 Å². The number of rotatable bonds is 4. The summed E-state index contributed by atoms with van der Waals surface area (Å²) in [4.78, 5) is 15.5. The van der Waals surface area contributed by atoms with E-state index in [4.69, 9.17) is 0 Å². The zero-order valence-corrected chi connectivity index (χ0v) is 17.3. The Labute approximate surface area is 164 Å². The lowest BCUT2D eigenvalue weighted by Gasteiger charge is -2.33. The fourth-order valence-electron chi connectivity index (χ4n) is 3.78. The van der Waals surface area contributed by atoms with Crippen LogP contribution in [0.3, 0.4) is 0 Å². The lowest BCUT2D eigenvalue weighted by atomic mass is 9.84. The second kappa shape index (κ2) is 6.95. The number of fused-ring (bicyclic) bond motifs is 1. The highest BCUT2D eigenvalue weighted by Gasteiger charge is 2.32. The summed E-state index contributed by atoms with van der Waals surface area (Å²) in [6.45, 7) is 5.11. The monoisotopic (exact) mass is 404 g/mol. The third-order valence-electron chi connectivity index (χ3n) is 5.35. The van der Waals surface area contributed by atoms with Gasteiger partial charge in [-0.05, 0) is 68.0 Å². The van der Waals surface area contributed by atoms with Crippen molar-refractivity contribution in [2.45, 2.75) is 50.3 Å². The molecule has 1 aliphatic carbocycles. The molecule has 0 unspecified atom stereocenters. The van der Waals surface area contributed by atoms with Crippen molar-refractivity contribution >= 4 is 33.0 Å². The van der Waals surface area contributed by atoms with Gasteiger partial charge in [-0.3, -0.25) is 9.52 Å². The summed E-state index contributed by atoms with van der Waals surface area (Å²) in [5.74, 6) is 0.412. The molecule has 1 fully saturated rings. The SMILES string of the molecule is Cc1cc(C)cc(NS(=O)(=O)c2cc3c(s2)CCN(C(=O)C2CCC2)C3)c1. The molecule has 4 rings (SSSR count). The van der Waals surface area contributed by atoms with Gasteiger partial charge >= 0.3 is 0 Å². The molecule has 7 heteroatoms. The van der Waals surface area contributed by atoms with Crippen LogP contribution in [0.15, 0.2) is 28.5 Å². The van der Waals surface area contributed by atoms with Gasteiger partial charge < -0.3 is 4.90 Å². The van der Waals surface area contributed by atoms with E-state index < -0.39 is 10.0 Å². The van der Waals surface area contributed by atoms with Crippen molar-refractivity contribution in [2.75, 3.05) is 11.3 Å². The van der Waals surface area contributed by atoms with E-state index in [0.29, 0.717) is 23.0 Å². The van der Waals surface area contributed by atoms with E-state index in [1.165, 1.54) is 11.3 Å². The van der Waals surface area contributed by atoms with Gasteiger partial charge in [-0.25, -0.2) is 8.42 Å². The number of sulfonamides is 1. The Morgan fingerprint density at radius 3 is 2.48 bits per heavy atom. The number of hydrogen-bond acceptors (Lipinski definition) is 4. The molecule has 1 aliphatic heterocycles. The van der Waals surface area contributed by atoms with E-state index >= 15 is 0 Å². The van der Waals surface area contributed by atoms with E-state index in [9.17, 15) is 13.2 Å². The molecule has 1 saturated carbocycles. The maximum absolute atomic E-state index is 12.8. The minimum Gasteiger partial charge on any atom is -0.338 e. The number of aryl methyl sites for hydroxylation is 2. The summed E-state index contributed by atoms with van der Waals surface area (Å²) >= 11 is 1.32. The summed E-state index contributed by atoms with van der Waals surface area (Å²) in [5, 5.41) is 0. The highest BCUT2D eigenvalue weighted by Crippen LogP contribution is 2.34. The Bertz CT molecular complexity index is 970. The first-order valence-corrected chi connectivity index (χ1v) is 11.6. The lowest BCUT2D eigenvalue weighted by Crippen LogP contribution is -2.41. The molecule has 27 heavy (non-hydrogen) atoms. The number of nitrogens with zero attached hydrogens (tertiary/aromatic N) is 1. The number of benzene rings is 1. The standard InChI is InChI=1S/C20H24N2O3S2/c1-13-8-14(2)10-17(9-13)21-27(24,25)19-11-16-12-22(7-6-18(16)26-19)20(23)15-4-3-5-15/h8-11,15,21H,3-7,12H2,1-2H3. The van der Waals surface area contributed by atoms with Crippen LogP contribution in [-0.4, -0.2) is 25.8 Å². The van der Waals surface area contributed by atoms with Crippen molar-refractivity contribution in [1.82, 2.24) is 4.90 Å². The van der Waals surface area contributed by atoms with Crippen molar-refractivity contribution in [3.63, 3.8) is 0 Å². The Kier molecular flexibility index (Phi) is 4.76. The van der Waals surface area contributed by atoms with Crippen LogP contribution < -0.4 is 4.72 Å². The molecule has 1 aromatic carbocycles. The average molecular weight is 405 g/mol. The fourth-order valence-corrected chi connectivity index (χ4v) is 6.36. The van der Waals surface area contributed by atoms with Crippen LogP contribution in [0.25, 0.3) is 0 Å². The summed E-state index contributed by atoms with van der Waals surface area (Å²) in [6, 6.07) is 7.41. The minimum absolute atomic E-state index is 0.180. The first kappa shape index (κ1) is 18.5.